The molecule has 0 radical (unpaired) electrons. The minimum atomic E-state index is 0.00518. The fourth-order valence-electron chi connectivity index (χ4n) is 1.06. The third-order valence-corrected chi connectivity index (χ3v) is 2.91. The average Bonchev–Trinajstić information content (AvgIpc) is 2.40. The van der Waals surface area contributed by atoms with Gasteiger partial charge in [-0.2, -0.15) is 4.99 Å². The van der Waals surface area contributed by atoms with Gasteiger partial charge in [0.05, 0.1) is 10.8 Å². The van der Waals surface area contributed by atoms with Crippen LogP contribution in [0.5, 0.6) is 5.75 Å². The lowest BCUT2D eigenvalue weighted by molar-refractivity contribution is 0.114. The van der Waals surface area contributed by atoms with Crippen molar-refractivity contribution in [1.82, 2.24) is 4.90 Å². The fourth-order valence-corrected chi connectivity index (χ4v) is 1.16. The van der Waals surface area contributed by atoms with Gasteiger partial charge in [-0.05, 0) is 64.4 Å². The van der Waals surface area contributed by atoms with Crippen LogP contribution in [0.4, 0.5) is 5.69 Å². The van der Waals surface area contributed by atoms with E-state index in [1.165, 1.54) is 0 Å². The summed E-state index contributed by atoms with van der Waals surface area (Å²) in [6.07, 6.45) is 0. The molecule has 0 unspecified atom stereocenters. The van der Waals surface area contributed by atoms with Crippen LogP contribution in [0.25, 0.3) is 0 Å². The summed E-state index contributed by atoms with van der Waals surface area (Å²) in [4.78, 5) is 6.02. The van der Waals surface area contributed by atoms with Crippen LogP contribution in [-0.2, 0) is 0 Å². The Hall–Kier alpha value is -1.22. The molecule has 0 heterocycles. The summed E-state index contributed by atoms with van der Waals surface area (Å²) in [5, 5.41) is 2.34. The van der Waals surface area contributed by atoms with E-state index in [1.54, 1.807) is 0 Å². The largest absolute Gasteiger partial charge is 0.492 e. The van der Waals surface area contributed by atoms with Crippen molar-refractivity contribution in [3.63, 3.8) is 0 Å². The Balaban J connectivity index is 0.00000154. The molecule has 0 amide bonds. The average molecular weight is 280 g/mol. The molecule has 1 aromatic rings. The van der Waals surface area contributed by atoms with Gasteiger partial charge in [0.2, 0.25) is 0 Å². The number of benzene rings is 1. The summed E-state index contributed by atoms with van der Waals surface area (Å²) in [5.41, 5.74) is 0.796. The molecule has 0 bridgehead atoms. The van der Waals surface area contributed by atoms with E-state index in [0.29, 0.717) is 6.61 Å². The summed E-state index contributed by atoms with van der Waals surface area (Å²) in [6.45, 7) is 8.91. The molecule has 1 rings (SSSR count). The zero-order valence-electron chi connectivity index (χ0n) is 12.7. The van der Waals surface area contributed by atoms with Crippen molar-refractivity contribution in [2.45, 2.75) is 33.2 Å². The molecular weight excluding hydrogens is 256 g/mol. The van der Waals surface area contributed by atoms with Gasteiger partial charge >= 0.3 is 0 Å². The van der Waals surface area contributed by atoms with E-state index in [0.717, 1.165) is 11.4 Å². The summed E-state index contributed by atoms with van der Waals surface area (Å²) in [5.74, 6) is 0.836. The molecule has 0 atom stereocenters. The third-order valence-electron chi connectivity index (χ3n) is 2.81. The van der Waals surface area contributed by atoms with Crippen LogP contribution in [0.2, 0.25) is 0 Å². The van der Waals surface area contributed by atoms with Crippen LogP contribution < -0.4 is 4.74 Å². The number of hydrogen-bond acceptors (Lipinski definition) is 4. The Bertz CT molecular complexity index is 407. The molecule has 19 heavy (non-hydrogen) atoms. The highest BCUT2D eigenvalue weighted by Gasteiger charge is 2.21. The van der Waals surface area contributed by atoms with Crippen molar-refractivity contribution >= 4 is 23.1 Å². The first kappa shape index (κ1) is 17.8. The molecule has 0 fully saturated rings. The lowest BCUT2D eigenvalue weighted by Gasteiger charge is -2.32. The van der Waals surface area contributed by atoms with Crippen LogP contribution >= 0.6 is 12.2 Å². The Morgan fingerprint density at radius 1 is 1.21 bits per heavy atom. The Kier molecular flexibility index (Phi) is 8.24. The number of thiocarbonyl (C=S) groups is 1. The van der Waals surface area contributed by atoms with Gasteiger partial charge < -0.3 is 9.64 Å². The van der Waals surface area contributed by atoms with E-state index in [4.69, 9.17) is 4.74 Å². The van der Waals surface area contributed by atoms with Gasteiger partial charge in [-0.1, -0.05) is 13.8 Å². The van der Waals surface area contributed by atoms with Gasteiger partial charge in [-0.15, -0.1) is 0 Å². The first-order valence-corrected chi connectivity index (χ1v) is 6.85. The van der Waals surface area contributed by atoms with E-state index in [9.17, 15) is 0 Å². The molecule has 1 aromatic carbocycles. The molecule has 106 valence electrons. The van der Waals surface area contributed by atoms with Crippen LogP contribution in [0, 0.1) is 0 Å². The molecule has 0 aliphatic carbocycles. The summed E-state index contributed by atoms with van der Waals surface area (Å²) >= 11 is 4.54. The van der Waals surface area contributed by atoms with Crippen molar-refractivity contribution in [1.29, 1.82) is 0 Å². The highest BCUT2D eigenvalue weighted by atomic mass is 32.1. The van der Waals surface area contributed by atoms with Gasteiger partial charge in [-0.25, -0.2) is 0 Å². The highest BCUT2D eigenvalue weighted by Crippen LogP contribution is 2.19. The number of hydrogen-bond donors (Lipinski definition) is 0. The number of likely N-dealkylation sites (N-methyl/N-ethyl adjacent to an activating group) is 1. The quantitative estimate of drug-likeness (QED) is 0.598. The maximum Gasteiger partial charge on any atom is 0.119 e. The molecule has 0 aromatic heterocycles. The minimum Gasteiger partial charge on any atom is -0.492 e. The molecule has 4 heteroatoms. The Morgan fingerprint density at radius 2 is 1.74 bits per heavy atom. The van der Waals surface area contributed by atoms with E-state index >= 15 is 0 Å². The number of aliphatic imine (C=N–C) groups is 1. The second-order valence-electron chi connectivity index (χ2n) is 4.69. The first-order valence-electron chi connectivity index (χ1n) is 6.44. The van der Waals surface area contributed by atoms with Crippen LogP contribution in [-0.4, -0.2) is 36.3 Å². The van der Waals surface area contributed by atoms with E-state index in [1.807, 2.05) is 52.2 Å². The molecule has 3 nitrogen and oxygen atoms in total. The Labute approximate surface area is 122 Å². The normalized spacial score (nSPS) is 10.3. The van der Waals surface area contributed by atoms with Gasteiger partial charge in [0.15, 0.2) is 0 Å². The van der Waals surface area contributed by atoms with E-state index < -0.39 is 0 Å². The van der Waals surface area contributed by atoms with Crippen molar-refractivity contribution in [2.24, 2.45) is 4.99 Å². The highest BCUT2D eigenvalue weighted by molar-refractivity contribution is 7.78. The monoisotopic (exact) mass is 280 g/mol. The number of isothiocyanates is 1. The second kappa shape index (κ2) is 8.81. The maximum absolute atomic E-state index is 5.74. The predicted molar refractivity (Wildman–Crippen MR) is 85.7 cm³/mol. The standard InChI is InChI=1S/C13H18N2OS.C2H6/c1-13(2,15(3)4)9-16-12-7-5-11(6-8-12)14-10-17;1-2/h5-8H,9H2,1-4H3;1-2H3. The molecular formula is C15H24N2OS. The minimum absolute atomic E-state index is 0.00518. The van der Waals surface area contributed by atoms with Crippen molar-refractivity contribution in [2.75, 3.05) is 20.7 Å². The lowest BCUT2D eigenvalue weighted by Crippen LogP contribution is -2.43. The van der Waals surface area contributed by atoms with Crippen molar-refractivity contribution in [3.05, 3.63) is 24.3 Å². The summed E-state index contributed by atoms with van der Waals surface area (Å²) in [7, 11) is 4.08. The molecule has 0 saturated carbocycles. The van der Waals surface area contributed by atoms with Gasteiger partial charge in [-0.3, -0.25) is 0 Å². The number of nitrogens with zero attached hydrogens (tertiary/aromatic N) is 2. The molecule has 0 spiro atoms. The number of ether oxygens (including phenoxy) is 1. The fraction of sp³-hybridized carbons (Fsp3) is 0.533. The smallest absolute Gasteiger partial charge is 0.119 e. The molecule has 0 aliphatic rings. The van der Waals surface area contributed by atoms with Gasteiger partial charge in [0, 0.05) is 5.54 Å². The zero-order chi connectivity index (χ0) is 14.9. The van der Waals surface area contributed by atoms with Gasteiger partial charge in [0.1, 0.15) is 12.4 Å². The van der Waals surface area contributed by atoms with Crippen molar-refractivity contribution < 1.29 is 4.74 Å². The van der Waals surface area contributed by atoms with Gasteiger partial charge in [0.25, 0.3) is 0 Å². The SMILES string of the molecule is CC.CN(C)C(C)(C)COc1ccc(N=C=S)cc1. The van der Waals surface area contributed by atoms with E-state index in [2.05, 4.69) is 41.1 Å². The van der Waals surface area contributed by atoms with E-state index in [-0.39, 0.29) is 5.54 Å². The predicted octanol–water partition coefficient (Wildman–Crippen LogP) is 4.17. The Morgan fingerprint density at radius 3 is 2.16 bits per heavy atom. The molecule has 0 saturated heterocycles. The third kappa shape index (κ3) is 6.48. The maximum atomic E-state index is 5.74. The summed E-state index contributed by atoms with van der Waals surface area (Å²) in [6, 6.07) is 7.49. The summed E-state index contributed by atoms with van der Waals surface area (Å²) < 4.78 is 5.74. The van der Waals surface area contributed by atoms with Crippen molar-refractivity contribution in [3.8, 4) is 5.75 Å². The van der Waals surface area contributed by atoms with Crippen LogP contribution in [0.3, 0.4) is 0 Å². The van der Waals surface area contributed by atoms with Crippen LogP contribution in [0.1, 0.15) is 27.7 Å². The van der Waals surface area contributed by atoms with Crippen LogP contribution in [0.15, 0.2) is 29.3 Å². The second-order valence-corrected chi connectivity index (χ2v) is 4.88. The number of rotatable bonds is 5. The lowest BCUT2D eigenvalue weighted by atomic mass is 10.1. The first-order chi connectivity index (χ1) is 8.95. The topological polar surface area (TPSA) is 24.8 Å². The zero-order valence-corrected chi connectivity index (χ0v) is 13.5. The molecule has 0 aliphatic heterocycles. The molecule has 0 N–H and O–H groups in total.